The fraction of sp³-hybridized carbons (Fsp3) is 0.400. The largest absolute Gasteiger partial charge is 0.461 e. The summed E-state index contributed by atoms with van der Waals surface area (Å²) in [6, 6.07) is 10.0. The normalized spacial score (nSPS) is 10.5. The van der Waals surface area contributed by atoms with Gasteiger partial charge in [0.25, 0.3) is 0 Å². The molecule has 2 rings (SSSR count). The van der Waals surface area contributed by atoms with Gasteiger partial charge in [-0.05, 0) is 18.9 Å². The average molecular weight is 273 g/mol. The third-order valence-electron chi connectivity index (χ3n) is 2.97. The standard InChI is InChI=1S/C15H19N3O2/c1-3-8-13-14(15(19)20-4-2)16-17-18(13)11-12-9-6-5-7-10-12/h5-7,9-10H,3-4,8,11H2,1-2H3. The van der Waals surface area contributed by atoms with E-state index in [2.05, 4.69) is 17.2 Å². The van der Waals surface area contributed by atoms with Crippen molar-refractivity contribution in [3.8, 4) is 0 Å². The van der Waals surface area contributed by atoms with Gasteiger partial charge in [0.15, 0.2) is 5.69 Å². The van der Waals surface area contributed by atoms with Crippen molar-refractivity contribution in [3.05, 3.63) is 47.3 Å². The summed E-state index contributed by atoms with van der Waals surface area (Å²) in [5.41, 5.74) is 2.31. The molecule has 0 bridgehead atoms. The molecule has 0 spiro atoms. The van der Waals surface area contributed by atoms with Crippen LogP contribution in [0.3, 0.4) is 0 Å². The van der Waals surface area contributed by atoms with Crippen LogP contribution in [-0.2, 0) is 17.7 Å². The smallest absolute Gasteiger partial charge is 0.360 e. The highest BCUT2D eigenvalue weighted by Crippen LogP contribution is 2.12. The number of benzene rings is 1. The maximum atomic E-state index is 11.9. The van der Waals surface area contributed by atoms with E-state index < -0.39 is 5.97 Å². The zero-order valence-corrected chi connectivity index (χ0v) is 11.9. The van der Waals surface area contributed by atoms with Crippen LogP contribution in [0.15, 0.2) is 30.3 Å². The summed E-state index contributed by atoms with van der Waals surface area (Å²) in [5, 5.41) is 8.09. The fourth-order valence-corrected chi connectivity index (χ4v) is 2.06. The van der Waals surface area contributed by atoms with E-state index in [1.165, 1.54) is 0 Å². The van der Waals surface area contributed by atoms with Gasteiger partial charge in [0.05, 0.1) is 18.8 Å². The van der Waals surface area contributed by atoms with E-state index in [1.54, 1.807) is 11.6 Å². The topological polar surface area (TPSA) is 57.0 Å². The minimum absolute atomic E-state index is 0.338. The summed E-state index contributed by atoms with van der Waals surface area (Å²) in [6.45, 7) is 4.80. The molecule has 2 aromatic rings. The third kappa shape index (κ3) is 3.23. The lowest BCUT2D eigenvalue weighted by atomic mass is 10.2. The highest BCUT2D eigenvalue weighted by atomic mass is 16.5. The summed E-state index contributed by atoms with van der Waals surface area (Å²) in [4.78, 5) is 11.9. The van der Waals surface area contributed by atoms with Gasteiger partial charge in [-0.3, -0.25) is 0 Å². The van der Waals surface area contributed by atoms with Crippen molar-refractivity contribution < 1.29 is 9.53 Å². The van der Waals surface area contributed by atoms with E-state index >= 15 is 0 Å². The second-order valence-electron chi connectivity index (χ2n) is 4.50. The van der Waals surface area contributed by atoms with Gasteiger partial charge < -0.3 is 4.74 Å². The molecule has 0 amide bonds. The van der Waals surface area contributed by atoms with Gasteiger partial charge in [-0.1, -0.05) is 48.9 Å². The molecule has 1 aromatic carbocycles. The fourth-order valence-electron chi connectivity index (χ4n) is 2.06. The Morgan fingerprint density at radius 2 is 2.00 bits per heavy atom. The molecule has 0 aliphatic carbocycles. The molecule has 0 saturated heterocycles. The average Bonchev–Trinajstić information content (AvgIpc) is 2.84. The van der Waals surface area contributed by atoms with Crippen LogP contribution in [0.2, 0.25) is 0 Å². The molecule has 0 radical (unpaired) electrons. The summed E-state index contributed by atoms with van der Waals surface area (Å²) in [6.07, 6.45) is 1.68. The van der Waals surface area contributed by atoms with Gasteiger partial charge in [-0.2, -0.15) is 0 Å². The Balaban J connectivity index is 2.27. The van der Waals surface area contributed by atoms with Crippen molar-refractivity contribution in [1.82, 2.24) is 15.0 Å². The monoisotopic (exact) mass is 273 g/mol. The second kappa shape index (κ2) is 6.84. The SMILES string of the molecule is CCCc1c(C(=O)OCC)nnn1Cc1ccccc1. The zero-order chi connectivity index (χ0) is 14.4. The molecule has 0 unspecified atom stereocenters. The Labute approximate surface area is 118 Å². The Morgan fingerprint density at radius 1 is 1.25 bits per heavy atom. The molecule has 0 aliphatic rings. The number of rotatable bonds is 6. The second-order valence-corrected chi connectivity index (χ2v) is 4.50. The quantitative estimate of drug-likeness (QED) is 0.759. The molecule has 106 valence electrons. The number of hydrogen-bond acceptors (Lipinski definition) is 4. The van der Waals surface area contributed by atoms with Crippen LogP contribution in [0.1, 0.15) is 42.0 Å². The van der Waals surface area contributed by atoms with Crippen LogP contribution in [0, 0.1) is 0 Å². The number of esters is 1. The van der Waals surface area contributed by atoms with Crippen LogP contribution in [0.4, 0.5) is 0 Å². The van der Waals surface area contributed by atoms with Gasteiger partial charge in [-0.25, -0.2) is 9.48 Å². The Kier molecular flexibility index (Phi) is 4.87. The van der Waals surface area contributed by atoms with E-state index in [4.69, 9.17) is 4.74 Å². The lowest BCUT2D eigenvalue weighted by Gasteiger charge is -2.07. The number of nitrogens with zero attached hydrogens (tertiary/aromatic N) is 3. The molecule has 5 nitrogen and oxygen atoms in total. The molecular formula is C15H19N3O2. The van der Waals surface area contributed by atoms with E-state index in [0.29, 0.717) is 18.8 Å². The highest BCUT2D eigenvalue weighted by molar-refractivity contribution is 5.88. The van der Waals surface area contributed by atoms with E-state index in [-0.39, 0.29) is 0 Å². The summed E-state index contributed by atoms with van der Waals surface area (Å²) >= 11 is 0. The van der Waals surface area contributed by atoms with Gasteiger partial charge >= 0.3 is 5.97 Å². The lowest BCUT2D eigenvalue weighted by molar-refractivity contribution is 0.0518. The Hall–Kier alpha value is -2.17. The number of hydrogen-bond donors (Lipinski definition) is 0. The van der Waals surface area contributed by atoms with E-state index in [9.17, 15) is 4.79 Å². The van der Waals surface area contributed by atoms with Gasteiger partial charge in [-0.15, -0.1) is 5.10 Å². The molecule has 5 heteroatoms. The maximum absolute atomic E-state index is 11.9. The van der Waals surface area contributed by atoms with Gasteiger partial charge in [0, 0.05) is 0 Å². The summed E-state index contributed by atoms with van der Waals surface area (Å²) in [7, 11) is 0. The molecule has 0 N–H and O–H groups in total. The summed E-state index contributed by atoms with van der Waals surface area (Å²) < 4.78 is 6.81. The van der Waals surface area contributed by atoms with Crippen LogP contribution in [0.25, 0.3) is 0 Å². The van der Waals surface area contributed by atoms with Gasteiger partial charge in [0.2, 0.25) is 0 Å². The number of aromatic nitrogens is 3. The van der Waals surface area contributed by atoms with Crippen molar-refractivity contribution >= 4 is 5.97 Å². The first kappa shape index (κ1) is 14.2. The molecule has 0 fully saturated rings. The van der Waals surface area contributed by atoms with Crippen molar-refractivity contribution in [2.24, 2.45) is 0 Å². The van der Waals surface area contributed by atoms with Crippen LogP contribution < -0.4 is 0 Å². The van der Waals surface area contributed by atoms with E-state index in [0.717, 1.165) is 24.1 Å². The zero-order valence-electron chi connectivity index (χ0n) is 11.9. The van der Waals surface area contributed by atoms with Crippen molar-refractivity contribution in [2.45, 2.75) is 33.2 Å². The lowest BCUT2D eigenvalue weighted by Crippen LogP contribution is -2.11. The van der Waals surface area contributed by atoms with Crippen LogP contribution in [-0.4, -0.2) is 27.6 Å². The molecule has 0 atom stereocenters. The number of carbonyl (C=O) groups is 1. The Morgan fingerprint density at radius 3 is 2.65 bits per heavy atom. The summed E-state index contributed by atoms with van der Waals surface area (Å²) in [5.74, 6) is -0.393. The molecule has 0 aliphatic heterocycles. The predicted molar refractivity (Wildman–Crippen MR) is 75.5 cm³/mol. The highest BCUT2D eigenvalue weighted by Gasteiger charge is 2.20. The van der Waals surface area contributed by atoms with Crippen LogP contribution >= 0.6 is 0 Å². The Bertz CT molecular complexity index is 564. The number of carbonyl (C=O) groups excluding carboxylic acids is 1. The van der Waals surface area contributed by atoms with Crippen molar-refractivity contribution in [1.29, 1.82) is 0 Å². The first-order chi connectivity index (χ1) is 9.76. The van der Waals surface area contributed by atoms with E-state index in [1.807, 2.05) is 30.3 Å². The van der Waals surface area contributed by atoms with Gasteiger partial charge in [0.1, 0.15) is 0 Å². The first-order valence-electron chi connectivity index (χ1n) is 6.89. The molecule has 0 saturated carbocycles. The molecule has 1 heterocycles. The third-order valence-corrected chi connectivity index (χ3v) is 2.97. The molecule has 1 aromatic heterocycles. The minimum atomic E-state index is -0.393. The van der Waals surface area contributed by atoms with Crippen LogP contribution in [0.5, 0.6) is 0 Å². The van der Waals surface area contributed by atoms with Crippen molar-refractivity contribution in [3.63, 3.8) is 0 Å². The molecule has 20 heavy (non-hydrogen) atoms. The van der Waals surface area contributed by atoms with Crippen molar-refractivity contribution in [2.75, 3.05) is 6.61 Å². The predicted octanol–water partition coefficient (Wildman–Crippen LogP) is 2.46. The first-order valence-corrected chi connectivity index (χ1v) is 6.89. The minimum Gasteiger partial charge on any atom is -0.461 e. The maximum Gasteiger partial charge on any atom is 0.360 e. The number of ether oxygens (including phenoxy) is 1. The molecular weight excluding hydrogens is 254 g/mol.